The SMILES string of the molecule is CCCC(CCO)CN=C(NCC)NCCCOC1CCN(Cc2ccccc2)CC1.I. The van der Waals surface area contributed by atoms with Crippen LogP contribution in [0.1, 0.15) is 57.9 Å². The molecule has 1 heterocycles. The smallest absolute Gasteiger partial charge is 0.191 e. The van der Waals surface area contributed by atoms with Gasteiger partial charge < -0.3 is 20.5 Å². The van der Waals surface area contributed by atoms with Crippen LogP contribution in [0.3, 0.4) is 0 Å². The second kappa shape index (κ2) is 18.5. The van der Waals surface area contributed by atoms with Crippen LogP contribution in [-0.2, 0) is 11.3 Å². The van der Waals surface area contributed by atoms with E-state index in [1.807, 2.05) is 0 Å². The quantitative estimate of drug-likeness (QED) is 0.139. The lowest BCUT2D eigenvalue weighted by molar-refractivity contribution is 0.00534. The number of hydrogen-bond acceptors (Lipinski definition) is 4. The number of aliphatic hydroxyl groups excluding tert-OH is 1. The Balaban J connectivity index is 0.00000512. The first-order chi connectivity index (χ1) is 15.2. The molecule has 1 saturated heterocycles. The van der Waals surface area contributed by atoms with Crippen molar-refractivity contribution in [1.29, 1.82) is 0 Å². The zero-order valence-electron chi connectivity index (χ0n) is 20.1. The van der Waals surface area contributed by atoms with E-state index in [0.29, 0.717) is 12.0 Å². The third-order valence-electron chi connectivity index (χ3n) is 5.84. The third kappa shape index (κ3) is 12.4. The number of likely N-dealkylation sites (tertiary alicyclic amines) is 1. The molecule has 0 aliphatic carbocycles. The second-order valence-corrected chi connectivity index (χ2v) is 8.50. The lowest BCUT2D eigenvalue weighted by Gasteiger charge is -2.32. The number of benzene rings is 1. The van der Waals surface area contributed by atoms with Gasteiger partial charge in [0, 0.05) is 52.5 Å². The molecule has 0 radical (unpaired) electrons. The maximum absolute atomic E-state index is 9.22. The molecule has 32 heavy (non-hydrogen) atoms. The first kappa shape index (κ1) is 29.1. The van der Waals surface area contributed by atoms with E-state index in [0.717, 1.165) is 90.4 Å². The van der Waals surface area contributed by atoms with Gasteiger partial charge in [-0.25, -0.2) is 0 Å². The van der Waals surface area contributed by atoms with Gasteiger partial charge in [-0.3, -0.25) is 9.89 Å². The van der Waals surface area contributed by atoms with Crippen molar-refractivity contribution in [3.05, 3.63) is 35.9 Å². The van der Waals surface area contributed by atoms with Gasteiger partial charge in [-0.15, -0.1) is 24.0 Å². The topological polar surface area (TPSA) is 69.1 Å². The highest BCUT2D eigenvalue weighted by Crippen LogP contribution is 2.16. The first-order valence-corrected chi connectivity index (χ1v) is 12.3. The molecule has 184 valence electrons. The van der Waals surface area contributed by atoms with Crippen LogP contribution in [0.4, 0.5) is 0 Å². The normalized spacial score (nSPS) is 16.4. The van der Waals surface area contributed by atoms with E-state index in [1.165, 1.54) is 5.56 Å². The number of halogens is 1. The van der Waals surface area contributed by atoms with Crippen molar-refractivity contribution >= 4 is 29.9 Å². The predicted octanol–water partition coefficient (Wildman–Crippen LogP) is 4.03. The van der Waals surface area contributed by atoms with E-state index in [1.54, 1.807) is 0 Å². The molecule has 0 spiro atoms. The van der Waals surface area contributed by atoms with Crippen molar-refractivity contribution in [2.24, 2.45) is 10.9 Å². The molecule has 1 aromatic rings. The Kier molecular flexibility index (Phi) is 16.9. The first-order valence-electron chi connectivity index (χ1n) is 12.3. The predicted molar refractivity (Wildman–Crippen MR) is 145 cm³/mol. The molecule has 0 saturated carbocycles. The maximum Gasteiger partial charge on any atom is 0.191 e. The standard InChI is InChI=1S/C25H44N4O2.HI/c1-3-9-22(14-18-30)20-28-25(26-4-2)27-15-8-19-31-24-12-16-29(17-13-24)21-23-10-6-5-7-11-23;/h5-7,10-11,22,24,30H,3-4,8-9,12-21H2,1-2H3,(H2,26,27,28);1H. The van der Waals surface area contributed by atoms with Gasteiger partial charge in [-0.05, 0) is 50.5 Å². The molecule has 0 aromatic heterocycles. The van der Waals surface area contributed by atoms with E-state index in [9.17, 15) is 5.11 Å². The minimum absolute atomic E-state index is 0. The van der Waals surface area contributed by atoms with Crippen molar-refractivity contribution in [2.75, 3.05) is 45.9 Å². The molecular weight excluding hydrogens is 515 g/mol. The van der Waals surface area contributed by atoms with Crippen molar-refractivity contribution in [3.8, 4) is 0 Å². The van der Waals surface area contributed by atoms with Crippen LogP contribution < -0.4 is 10.6 Å². The summed E-state index contributed by atoms with van der Waals surface area (Å²) in [6.45, 7) is 11.0. The van der Waals surface area contributed by atoms with Crippen LogP contribution in [-0.4, -0.2) is 68.0 Å². The minimum Gasteiger partial charge on any atom is -0.396 e. The Bertz CT molecular complexity index is 589. The summed E-state index contributed by atoms with van der Waals surface area (Å²) in [6, 6.07) is 10.7. The van der Waals surface area contributed by atoms with Crippen molar-refractivity contribution < 1.29 is 9.84 Å². The van der Waals surface area contributed by atoms with E-state index in [4.69, 9.17) is 9.73 Å². The monoisotopic (exact) mass is 560 g/mol. The number of hydrogen-bond donors (Lipinski definition) is 3. The number of ether oxygens (including phenoxy) is 1. The van der Waals surface area contributed by atoms with Crippen LogP contribution in [0.25, 0.3) is 0 Å². The van der Waals surface area contributed by atoms with Gasteiger partial charge in [0.2, 0.25) is 0 Å². The van der Waals surface area contributed by atoms with Gasteiger partial charge in [0.05, 0.1) is 6.10 Å². The fourth-order valence-corrected chi connectivity index (χ4v) is 4.08. The zero-order chi connectivity index (χ0) is 22.2. The summed E-state index contributed by atoms with van der Waals surface area (Å²) < 4.78 is 6.13. The average molecular weight is 561 g/mol. The highest BCUT2D eigenvalue weighted by molar-refractivity contribution is 14.0. The Labute approximate surface area is 212 Å². The molecule has 1 aliphatic heterocycles. The lowest BCUT2D eigenvalue weighted by Crippen LogP contribution is -2.39. The Morgan fingerprint density at radius 3 is 2.56 bits per heavy atom. The van der Waals surface area contributed by atoms with E-state index < -0.39 is 0 Å². The molecule has 2 rings (SSSR count). The van der Waals surface area contributed by atoms with Gasteiger partial charge in [0.25, 0.3) is 0 Å². The molecular formula is C25H45IN4O2. The molecule has 1 aromatic carbocycles. The molecule has 1 atom stereocenters. The largest absolute Gasteiger partial charge is 0.396 e. The molecule has 6 nitrogen and oxygen atoms in total. The summed E-state index contributed by atoms with van der Waals surface area (Å²) in [4.78, 5) is 7.24. The fourth-order valence-electron chi connectivity index (χ4n) is 4.08. The fraction of sp³-hybridized carbons (Fsp3) is 0.720. The van der Waals surface area contributed by atoms with Gasteiger partial charge in [0.1, 0.15) is 0 Å². The Hall–Kier alpha value is -0.900. The van der Waals surface area contributed by atoms with E-state index in [2.05, 4.69) is 59.7 Å². The number of nitrogens with zero attached hydrogens (tertiary/aromatic N) is 2. The highest BCUT2D eigenvalue weighted by Gasteiger charge is 2.19. The molecule has 3 N–H and O–H groups in total. The van der Waals surface area contributed by atoms with Crippen LogP contribution in [0.5, 0.6) is 0 Å². The Morgan fingerprint density at radius 1 is 1.16 bits per heavy atom. The Morgan fingerprint density at radius 2 is 1.91 bits per heavy atom. The molecule has 1 aliphatic rings. The van der Waals surface area contributed by atoms with Crippen molar-refractivity contribution in [1.82, 2.24) is 15.5 Å². The van der Waals surface area contributed by atoms with Gasteiger partial charge in [0.15, 0.2) is 5.96 Å². The number of aliphatic hydroxyl groups is 1. The number of aliphatic imine (C=N–C) groups is 1. The van der Waals surface area contributed by atoms with Crippen molar-refractivity contribution in [2.45, 2.75) is 65.0 Å². The van der Waals surface area contributed by atoms with Crippen molar-refractivity contribution in [3.63, 3.8) is 0 Å². The minimum atomic E-state index is 0. The summed E-state index contributed by atoms with van der Waals surface area (Å²) >= 11 is 0. The number of rotatable bonds is 14. The van der Waals surface area contributed by atoms with Gasteiger partial charge in [-0.2, -0.15) is 0 Å². The molecule has 7 heteroatoms. The van der Waals surface area contributed by atoms with Gasteiger partial charge >= 0.3 is 0 Å². The summed E-state index contributed by atoms with van der Waals surface area (Å²) in [5, 5.41) is 16.0. The summed E-state index contributed by atoms with van der Waals surface area (Å²) in [6.07, 6.45) is 6.68. The number of nitrogens with one attached hydrogen (secondary N) is 2. The van der Waals surface area contributed by atoms with Crippen LogP contribution in [0, 0.1) is 5.92 Å². The van der Waals surface area contributed by atoms with Crippen LogP contribution >= 0.6 is 24.0 Å². The summed E-state index contributed by atoms with van der Waals surface area (Å²) in [5.74, 6) is 1.33. The second-order valence-electron chi connectivity index (χ2n) is 8.50. The molecule has 0 bridgehead atoms. The molecule has 0 amide bonds. The van der Waals surface area contributed by atoms with Gasteiger partial charge in [-0.1, -0.05) is 43.7 Å². The molecule has 1 fully saturated rings. The average Bonchev–Trinajstić information content (AvgIpc) is 2.79. The zero-order valence-corrected chi connectivity index (χ0v) is 22.4. The number of piperidine rings is 1. The maximum atomic E-state index is 9.22. The van der Waals surface area contributed by atoms with E-state index in [-0.39, 0.29) is 30.6 Å². The third-order valence-corrected chi connectivity index (χ3v) is 5.84. The summed E-state index contributed by atoms with van der Waals surface area (Å²) in [7, 11) is 0. The van der Waals surface area contributed by atoms with E-state index >= 15 is 0 Å². The van der Waals surface area contributed by atoms with Crippen LogP contribution in [0.15, 0.2) is 35.3 Å². The summed E-state index contributed by atoms with van der Waals surface area (Å²) in [5.41, 5.74) is 1.39. The number of guanidine groups is 1. The highest BCUT2D eigenvalue weighted by atomic mass is 127. The molecule has 1 unspecified atom stereocenters. The van der Waals surface area contributed by atoms with Crippen LogP contribution in [0.2, 0.25) is 0 Å². The lowest BCUT2D eigenvalue weighted by atomic mass is 10.0.